The highest BCUT2D eigenvalue weighted by Gasteiger charge is 2.14. The molecule has 0 aliphatic carbocycles. The number of fused-ring (bicyclic) bond motifs is 1. The van der Waals surface area contributed by atoms with Crippen molar-refractivity contribution in [3.8, 4) is 23.2 Å². The summed E-state index contributed by atoms with van der Waals surface area (Å²) >= 11 is 12.5. The Balaban J connectivity index is 1.56. The maximum absolute atomic E-state index is 12.2. The van der Waals surface area contributed by atoms with Crippen LogP contribution in [0.2, 0.25) is 10.0 Å². The van der Waals surface area contributed by atoms with Crippen molar-refractivity contribution in [2.45, 2.75) is 0 Å². The monoisotopic (exact) mass is 422 g/mol. The summed E-state index contributed by atoms with van der Waals surface area (Å²) in [6.07, 6.45) is -0.673. The van der Waals surface area contributed by atoms with E-state index in [0.29, 0.717) is 49.5 Å². The second-order valence-electron chi connectivity index (χ2n) is 6.07. The van der Waals surface area contributed by atoms with Crippen molar-refractivity contribution in [3.63, 3.8) is 0 Å². The van der Waals surface area contributed by atoms with E-state index in [1.165, 1.54) is 0 Å². The first kappa shape index (κ1) is 18.8. The second-order valence-corrected chi connectivity index (χ2v) is 6.88. The number of hydrogen-bond acceptors (Lipinski definition) is 4. The van der Waals surface area contributed by atoms with Crippen LogP contribution in [0.25, 0.3) is 22.4 Å². The Morgan fingerprint density at radius 3 is 2.59 bits per heavy atom. The van der Waals surface area contributed by atoms with E-state index in [1.807, 2.05) is 6.07 Å². The van der Waals surface area contributed by atoms with Crippen molar-refractivity contribution in [1.82, 2.24) is 9.97 Å². The minimum Gasteiger partial charge on any atom is -0.410 e. The van der Waals surface area contributed by atoms with Gasteiger partial charge in [-0.15, -0.1) is 0 Å². The van der Waals surface area contributed by atoms with Gasteiger partial charge < -0.3 is 9.72 Å². The van der Waals surface area contributed by atoms with Gasteiger partial charge in [0.25, 0.3) is 0 Å². The van der Waals surface area contributed by atoms with Crippen LogP contribution < -0.4 is 10.1 Å². The van der Waals surface area contributed by atoms with Crippen LogP contribution in [0.1, 0.15) is 5.56 Å². The lowest BCUT2D eigenvalue weighted by atomic mass is 10.2. The molecule has 142 valence electrons. The highest BCUT2D eigenvalue weighted by Crippen LogP contribution is 2.34. The fourth-order valence-electron chi connectivity index (χ4n) is 2.81. The highest BCUT2D eigenvalue weighted by molar-refractivity contribution is 6.39. The topological polar surface area (TPSA) is 90.8 Å². The van der Waals surface area contributed by atoms with E-state index in [2.05, 4.69) is 15.3 Å². The summed E-state index contributed by atoms with van der Waals surface area (Å²) in [4.78, 5) is 19.8. The van der Waals surface area contributed by atoms with Crippen LogP contribution in [0.5, 0.6) is 5.75 Å². The van der Waals surface area contributed by atoms with Gasteiger partial charge >= 0.3 is 6.09 Å². The molecule has 0 bridgehead atoms. The molecule has 0 fully saturated rings. The van der Waals surface area contributed by atoms with Crippen LogP contribution in [-0.4, -0.2) is 16.1 Å². The van der Waals surface area contributed by atoms with Crippen molar-refractivity contribution in [3.05, 3.63) is 76.3 Å². The van der Waals surface area contributed by atoms with Gasteiger partial charge in [0.1, 0.15) is 11.6 Å². The van der Waals surface area contributed by atoms with E-state index in [-0.39, 0.29) is 0 Å². The molecule has 4 rings (SSSR count). The number of imidazole rings is 1. The molecule has 4 aromatic rings. The van der Waals surface area contributed by atoms with E-state index >= 15 is 0 Å². The number of H-pyrrole nitrogens is 1. The largest absolute Gasteiger partial charge is 0.417 e. The average Bonchev–Trinajstić information content (AvgIpc) is 3.10. The maximum Gasteiger partial charge on any atom is 0.417 e. The number of nitrogens with zero attached hydrogens (tertiary/aromatic N) is 2. The SMILES string of the molecule is N#Cc1cccc(NC(=O)Oc2ccc3nc(-c4c(Cl)cccc4Cl)[nH]c3c2)c1. The van der Waals surface area contributed by atoms with Crippen LogP contribution in [0.15, 0.2) is 60.7 Å². The molecule has 1 heterocycles. The Morgan fingerprint density at radius 1 is 1.07 bits per heavy atom. The molecule has 0 unspecified atom stereocenters. The second kappa shape index (κ2) is 7.84. The van der Waals surface area contributed by atoms with Gasteiger partial charge in [-0.05, 0) is 42.5 Å². The molecule has 0 saturated carbocycles. The molecule has 0 saturated heterocycles. The Kier molecular flexibility index (Phi) is 5.09. The molecule has 0 atom stereocenters. The molecule has 0 radical (unpaired) electrons. The zero-order valence-corrected chi connectivity index (χ0v) is 16.3. The summed E-state index contributed by atoms with van der Waals surface area (Å²) in [5, 5.41) is 12.5. The Morgan fingerprint density at radius 2 is 1.83 bits per heavy atom. The summed E-state index contributed by atoms with van der Waals surface area (Å²) < 4.78 is 5.33. The Hall–Kier alpha value is -3.53. The molecule has 3 aromatic carbocycles. The predicted octanol–water partition coefficient (Wildman–Crippen LogP) is 6.02. The lowest BCUT2D eigenvalue weighted by Crippen LogP contribution is -2.16. The number of benzene rings is 3. The zero-order valence-electron chi connectivity index (χ0n) is 14.7. The van der Waals surface area contributed by atoms with Crippen LogP contribution >= 0.6 is 23.2 Å². The maximum atomic E-state index is 12.2. The van der Waals surface area contributed by atoms with Crippen molar-refractivity contribution in [2.24, 2.45) is 0 Å². The van der Waals surface area contributed by atoms with Crippen LogP contribution in [0, 0.1) is 11.3 Å². The van der Waals surface area contributed by atoms with Crippen molar-refractivity contribution >= 4 is 46.0 Å². The highest BCUT2D eigenvalue weighted by atomic mass is 35.5. The molecular weight excluding hydrogens is 411 g/mol. The van der Waals surface area contributed by atoms with Gasteiger partial charge in [-0.2, -0.15) is 5.26 Å². The number of hydrogen-bond donors (Lipinski definition) is 2. The minimum atomic E-state index is -0.673. The van der Waals surface area contributed by atoms with Crippen molar-refractivity contribution in [2.75, 3.05) is 5.32 Å². The molecule has 0 aliphatic heterocycles. The average molecular weight is 423 g/mol. The number of halogens is 2. The van der Waals surface area contributed by atoms with E-state index in [1.54, 1.807) is 60.7 Å². The molecule has 6 nitrogen and oxygen atoms in total. The van der Waals surface area contributed by atoms with Gasteiger partial charge in [-0.3, -0.25) is 5.32 Å². The summed E-state index contributed by atoms with van der Waals surface area (Å²) in [5.74, 6) is 0.845. The number of aromatic amines is 1. The quantitative estimate of drug-likeness (QED) is 0.422. The lowest BCUT2D eigenvalue weighted by molar-refractivity contribution is 0.215. The lowest BCUT2D eigenvalue weighted by Gasteiger charge is -2.06. The van der Waals surface area contributed by atoms with E-state index in [4.69, 9.17) is 33.2 Å². The number of carbonyl (C=O) groups excluding carboxylic acids is 1. The molecule has 0 aliphatic rings. The van der Waals surface area contributed by atoms with Gasteiger partial charge in [-0.25, -0.2) is 9.78 Å². The summed E-state index contributed by atoms with van der Waals surface area (Å²) in [5.41, 5.74) is 2.84. The van der Waals surface area contributed by atoms with E-state index in [9.17, 15) is 4.79 Å². The standard InChI is InChI=1S/C21H12Cl2N4O2/c22-15-5-2-6-16(23)19(15)20-26-17-8-7-14(10-18(17)27-20)29-21(28)25-13-4-1-3-12(9-13)11-24/h1-10H,(H,25,28)(H,26,27). The third-order valence-corrected chi connectivity index (χ3v) is 4.73. The zero-order chi connectivity index (χ0) is 20.4. The number of nitriles is 1. The third kappa shape index (κ3) is 4.02. The number of amides is 1. The van der Waals surface area contributed by atoms with Gasteiger partial charge in [0.15, 0.2) is 0 Å². The van der Waals surface area contributed by atoms with Crippen LogP contribution in [0.3, 0.4) is 0 Å². The molecular formula is C21H12Cl2N4O2. The number of ether oxygens (including phenoxy) is 1. The van der Waals surface area contributed by atoms with Crippen LogP contribution in [0.4, 0.5) is 10.5 Å². The van der Waals surface area contributed by atoms with Crippen molar-refractivity contribution in [1.29, 1.82) is 5.26 Å². The van der Waals surface area contributed by atoms with Crippen molar-refractivity contribution < 1.29 is 9.53 Å². The first-order chi connectivity index (χ1) is 14.0. The van der Waals surface area contributed by atoms with Gasteiger partial charge in [0.05, 0.1) is 38.3 Å². The Labute approximate surface area is 175 Å². The Bertz CT molecular complexity index is 1260. The smallest absolute Gasteiger partial charge is 0.410 e. The fourth-order valence-corrected chi connectivity index (χ4v) is 3.39. The molecule has 8 heteroatoms. The number of aromatic nitrogens is 2. The van der Waals surface area contributed by atoms with E-state index < -0.39 is 6.09 Å². The molecule has 1 aromatic heterocycles. The fraction of sp³-hybridized carbons (Fsp3) is 0. The first-order valence-electron chi connectivity index (χ1n) is 8.46. The van der Waals surface area contributed by atoms with Gasteiger partial charge in [0.2, 0.25) is 0 Å². The number of rotatable bonds is 3. The molecule has 1 amide bonds. The predicted molar refractivity (Wildman–Crippen MR) is 112 cm³/mol. The third-order valence-electron chi connectivity index (χ3n) is 4.10. The van der Waals surface area contributed by atoms with Gasteiger partial charge in [0, 0.05) is 11.8 Å². The number of carbonyl (C=O) groups is 1. The molecule has 29 heavy (non-hydrogen) atoms. The van der Waals surface area contributed by atoms with Gasteiger partial charge in [-0.1, -0.05) is 35.3 Å². The number of nitrogens with one attached hydrogen (secondary N) is 2. The summed E-state index contributed by atoms with van der Waals surface area (Å²) in [6.45, 7) is 0. The summed E-state index contributed by atoms with van der Waals surface area (Å²) in [6, 6.07) is 18.8. The molecule has 0 spiro atoms. The normalized spacial score (nSPS) is 10.5. The first-order valence-corrected chi connectivity index (χ1v) is 9.22. The van der Waals surface area contributed by atoms with Crippen LogP contribution in [-0.2, 0) is 0 Å². The number of anilines is 1. The van der Waals surface area contributed by atoms with E-state index in [0.717, 1.165) is 0 Å². The minimum absolute atomic E-state index is 0.326. The summed E-state index contributed by atoms with van der Waals surface area (Å²) in [7, 11) is 0. The molecule has 2 N–H and O–H groups in total.